The number of aromatic nitrogens is 3. The minimum absolute atomic E-state index is 0.0448. The first kappa shape index (κ1) is 20.5. The minimum atomic E-state index is -0.255. The molecule has 0 N–H and O–H groups in total. The van der Waals surface area contributed by atoms with E-state index in [1.807, 2.05) is 6.07 Å². The van der Waals surface area contributed by atoms with Gasteiger partial charge in [0, 0.05) is 37.2 Å². The quantitative estimate of drug-likeness (QED) is 0.591. The van der Waals surface area contributed by atoms with Gasteiger partial charge in [0.2, 0.25) is 0 Å². The van der Waals surface area contributed by atoms with Crippen molar-refractivity contribution in [3.8, 4) is 17.7 Å². The fourth-order valence-corrected chi connectivity index (χ4v) is 4.03. The van der Waals surface area contributed by atoms with Crippen LogP contribution < -0.4 is 0 Å². The van der Waals surface area contributed by atoms with Gasteiger partial charge in [0.1, 0.15) is 18.3 Å². The van der Waals surface area contributed by atoms with E-state index >= 15 is 0 Å². The van der Waals surface area contributed by atoms with Gasteiger partial charge in [-0.2, -0.15) is 10.2 Å². The smallest absolute Gasteiger partial charge is 0.409 e. The molecule has 32 heavy (non-hydrogen) atoms. The summed E-state index contributed by atoms with van der Waals surface area (Å²) in [5, 5.41) is 13.9. The number of nitriles is 1. The molecular weight excluding hydrogens is 414 g/mol. The number of amides is 1. The molecule has 3 aromatic heterocycles. The van der Waals surface area contributed by atoms with Crippen molar-refractivity contribution in [2.45, 2.75) is 26.2 Å². The van der Waals surface area contributed by atoms with Crippen LogP contribution in [-0.4, -0.2) is 59.0 Å². The van der Waals surface area contributed by atoms with E-state index in [1.165, 1.54) is 6.20 Å². The topological polar surface area (TPSA) is 128 Å². The van der Waals surface area contributed by atoms with E-state index in [9.17, 15) is 10.1 Å². The van der Waals surface area contributed by atoms with Gasteiger partial charge in [0.15, 0.2) is 17.3 Å². The molecule has 5 heterocycles. The molecule has 0 aliphatic carbocycles. The van der Waals surface area contributed by atoms with Crippen LogP contribution in [0, 0.1) is 22.7 Å². The molecule has 0 unspecified atom stereocenters. The normalized spacial score (nSPS) is 18.3. The zero-order chi connectivity index (χ0) is 22.1. The molecule has 5 rings (SSSR count). The van der Waals surface area contributed by atoms with Crippen LogP contribution in [0.25, 0.3) is 22.6 Å². The molecule has 166 valence electrons. The van der Waals surface area contributed by atoms with E-state index < -0.39 is 0 Å². The Hall–Kier alpha value is -3.45. The van der Waals surface area contributed by atoms with Gasteiger partial charge in [-0.1, -0.05) is 12.1 Å². The van der Waals surface area contributed by atoms with E-state index in [0.29, 0.717) is 67.8 Å². The van der Waals surface area contributed by atoms with Crippen molar-refractivity contribution in [3.63, 3.8) is 0 Å². The van der Waals surface area contributed by atoms with Crippen molar-refractivity contribution in [1.82, 2.24) is 20.0 Å². The highest BCUT2D eigenvalue weighted by Crippen LogP contribution is 2.29. The highest BCUT2D eigenvalue weighted by molar-refractivity contribution is 5.85. The summed E-state index contributed by atoms with van der Waals surface area (Å²) in [6.45, 7) is 5.02. The third-order valence-electron chi connectivity index (χ3n) is 6.02. The van der Waals surface area contributed by atoms with Crippen LogP contribution >= 0.6 is 0 Å². The average molecular weight is 437 g/mol. The molecule has 2 aliphatic heterocycles. The van der Waals surface area contributed by atoms with Crippen molar-refractivity contribution in [2.24, 2.45) is 11.3 Å². The molecule has 0 atom stereocenters. The molecule has 10 nitrogen and oxygen atoms in total. The van der Waals surface area contributed by atoms with E-state index in [2.05, 4.69) is 22.0 Å². The van der Waals surface area contributed by atoms with E-state index in [1.54, 1.807) is 17.0 Å². The third kappa shape index (κ3) is 4.03. The van der Waals surface area contributed by atoms with Gasteiger partial charge < -0.3 is 23.3 Å². The number of piperidine rings is 1. The lowest BCUT2D eigenvalue weighted by atomic mass is 9.90. The lowest BCUT2D eigenvalue weighted by molar-refractivity contribution is -0.128. The number of furan rings is 1. The standard InChI is InChI=1S/C22H23N5O5/c1-22(11-29-12-22)13-30-21(28)27-6-3-14(4-7-27)8-19-25-20(32-26-19)18-9-15-16(10-23)24-5-2-17(15)31-18/h2,5,9,14H,3-4,6-8,11-13H2,1H3. The number of pyridine rings is 1. The lowest BCUT2D eigenvalue weighted by Crippen LogP contribution is -2.46. The Kier molecular flexibility index (Phi) is 5.27. The summed E-state index contributed by atoms with van der Waals surface area (Å²) in [5.74, 6) is 1.63. The number of hydrogen-bond donors (Lipinski definition) is 0. The largest absolute Gasteiger partial charge is 0.451 e. The van der Waals surface area contributed by atoms with Crippen molar-refractivity contribution in [2.75, 3.05) is 32.9 Å². The molecule has 1 amide bonds. The maximum Gasteiger partial charge on any atom is 0.409 e. The maximum atomic E-state index is 12.3. The summed E-state index contributed by atoms with van der Waals surface area (Å²) in [6.07, 6.45) is 3.63. The van der Waals surface area contributed by atoms with Gasteiger partial charge in [-0.15, -0.1) is 0 Å². The van der Waals surface area contributed by atoms with Gasteiger partial charge in [-0.3, -0.25) is 0 Å². The van der Waals surface area contributed by atoms with Crippen LogP contribution in [0.15, 0.2) is 27.3 Å². The maximum absolute atomic E-state index is 12.3. The van der Waals surface area contributed by atoms with Crippen LogP contribution in [0.5, 0.6) is 0 Å². The zero-order valence-corrected chi connectivity index (χ0v) is 17.7. The molecule has 0 saturated carbocycles. The Labute approximate surface area is 184 Å². The van der Waals surface area contributed by atoms with Gasteiger partial charge in [0.05, 0.1) is 18.6 Å². The van der Waals surface area contributed by atoms with Gasteiger partial charge in [0.25, 0.3) is 5.89 Å². The summed E-state index contributed by atoms with van der Waals surface area (Å²) in [5.41, 5.74) is 0.790. The number of rotatable bonds is 5. The lowest BCUT2D eigenvalue weighted by Gasteiger charge is -2.38. The summed E-state index contributed by atoms with van der Waals surface area (Å²) in [7, 11) is 0. The number of nitrogens with zero attached hydrogens (tertiary/aromatic N) is 5. The van der Waals surface area contributed by atoms with Crippen LogP contribution in [0.2, 0.25) is 0 Å². The number of ether oxygens (including phenoxy) is 2. The van der Waals surface area contributed by atoms with Gasteiger partial charge >= 0.3 is 6.09 Å². The van der Waals surface area contributed by atoms with Crippen molar-refractivity contribution in [3.05, 3.63) is 29.8 Å². The monoisotopic (exact) mass is 437 g/mol. The summed E-state index contributed by atoms with van der Waals surface area (Å²) < 4.78 is 21.8. The summed E-state index contributed by atoms with van der Waals surface area (Å²) >= 11 is 0. The third-order valence-corrected chi connectivity index (χ3v) is 6.02. The number of carbonyl (C=O) groups is 1. The van der Waals surface area contributed by atoms with E-state index in [-0.39, 0.29) is 23.1 Å². The van der Waals surface area contributed by atoms with Crippen LogP contribution in [0.4, 0.5) is 4.79 Å². The fourth-order valence-electron chi connectivity index (χ4n) is 4.03. The minimum Gasteiger partial charge on any atom is -0.451 e. The molecule has 0 bridgehead atoms. The first-order chi connectivity index (χ1) is 15.5. The zero-order valence-electron chi connectivity index (χ0n) is 17.7. The SMILES string of the molecule is CC1(COC(=O)N2CCC(Cc3noc(-c4cc5c(C#N)nccc5o4)n3)CC2)COC1. The average Bonchev–Trinajstić information content (AvgIpc) is 3.43. The van der Waals surface area contributed by atoms with E-state index in [0.717, 1.165) is 12.8 Å². The first-order valence-corrected chi connectivity index (χ1v) is 10.6. The Balaban J connectivity index is 1.16. The predicted octanol–water partition coefficient (Wildman–Crippen LogP) is 3.18. The molecule has 0 aromatic carbocycles. The molecular formula is C22H23N5O5. The Bertz CT molecular complexity index is 1170. The van der Waals surface area contributed by atoms with Crippen molar-refractivity contribution in [1.29, 1.82) is 5.26 Å². The molecule has 10 heteroatoms. The number of carbonyl (C=O) groups excluding carboxylic acids is 1. The second-order valence-electron chi connectivity index (χ2n) is 8.80. The predicted molar refractivity (Wildman–Crippen MR) is 110 cm³/mol. The second kappa shape index (κ2) is 8.24. The Morgan fingerprint density at radius 3 is 2.91 bits per heavy atom. The second-order valence-corrected chi connectivity index (χ2v) is 8.80. The molecule has 3 aromatic rings. The first-order valence-electron chi connectivity index (χ1n) is 10.6. The summed E-state index contributed by atoms with van der Waals surface area (Å²) in [6, 6.07) is 5.43. The molecule has 2 aliphatic rings. The van der Waals surface area contributed by atoms with E-state index in [4.69, 9.17) is 18.4 Å². The van der Waals surface area contributed by atoms with Crippen LogP contribution in [0.1, 0.15) is 31.3 Å². The molecule has 0 radical (unpaired) electrons. The molecule has 0 spiro atoms. The summed E-state index contributed by atoms with van der Waals surface area (Å²) in [4.78, 5) is 22.6. The van der Waals surface area contributed by atoms with Crippen LogP contribution in [0.3, 0.4) is 0 Å². The highest BCUT2D eigenvalue weighted by atomic mass is 16.6. The fraction of sp³-hybridized carbons (Fsp3) is 0.500. The van der Waals surface area contributed by atoms with Crippen molar-refractivity contribution < 1.29 is 23.2 Å². The molecule has 2 fully saturated rings. The Morgan fingerprint density at radius 2 is 2.19 bits per heavy atom. The number of fused-ring (bicyclic) bond motifs is 1. The van der Waals surface area contributed by atoms with Gasteiger partial charge in [-0.25, -0.2) is 9.78 Å². The van der Waals surface area contributed by atoms with Crippen molar-refractivity contribution >= 4 is 17.1 Å². The number of hydrogen-bond acceptors (Lipinski definition) is 9. The Morgan fingerprint density at radius 1 is 1.38 bits per heavy atom. The van der Waals surface area contributed by atoms with Crippen LogP contribution in [-0.2, 0) is 15.9 Å². The highest BCUT2D eigenvalue weighted by Gasteiger charge is 2.36. The molecule has 2 saturated heterocycles. The van der Waals surface area contributed by atoms with Gasteiger partial charge in [-0.05, 0) is 24.8 Å². The number of likely N-dealkylation sites (tertiary alicyclic amines) is 1.